The zero-order valence-corrected chi connectivity index (χ0v) is 10.5. The molecule has 1 heterocycles. The van der Waals surface area contributed by atoms with Crippen molar-refractivity contribution < 1.29 is 8.78 Å². The molecule has 0 fully saturated rings. The maximum absolute atomic E-state index is 13.7. The van der Waals surface area contributed by atoms with Gasteiger partial charge in [-0.3, -0.25) is 16.3 Å². The summed E-state index contributed by atoms with van der Waals surface area (Å²) in [7, 11) is 0. The lowest BCUT2D eigenvalue weighted by Gasteiger charge is -2.18. The molecular weight excluding hydrogens is 248 g/mol. The summed E-state index contributed by atoms with van der Waals surface area (Å²) in [5, 5.41) is 0. The van der Waals surface area contributed by atoms with E-state index in [1.165, 1.54) is 18.3 Å². The Morgan fingerprint density at radius 3 is 2.79 bits per heavy atom. The molecule has 19 heavy (non-hydrogen) atoms. The van der Waals surface area contributed by atoms with Crippen LogP contribution in [0.4, 0.5) is 8.78 Å². The van der Waals surface area contributed by atoms with E-state index in [0.29, 0.717) is 12.0 Å². The number of nitrogens with one attached hydrogen (secondary N) is 1. The molecule has 1 unspecified atom stereocenters. The summed E-state index contributed by atoms with van der Waals surface area (Å²) in [6.07, 6.45) is 3.04. The van der Waals surface area contributed by atoms with Crippen LogP contribution in [0.5, 0.6) is 0 Å². The molecule has 2 rings (SSSR count). The van der Waals surface area contributed by atoms with Crippen molar-refractivity contribution in [2.24, 2.45) is 5.84 Å². The second-order valence-electron chi connectivity index (χ2n) is 4.39. The van der Waals surface area contributed by atoms with E-state index in [-0.39, 0.29) is 5.82 Å². The van der Waals surface area contributed by atoms with Crippen molar-refractivity contribution in [3.8, 4) is 0 Å². The summed E-state index contributed by atoms with van der Waals surface area (Å²) in [6.45, 7) is 1.88. The third-order valence-electron chi connectivity index (χ3n) is 3.12. The Morgan fingerprint density at radius 1 is 1.32 bits per heavy atom. The first-order chi connectivity index (χ1) is 9.11. The van der Waals surface area contributed by atoms with E-state index < -0.39 is 11.9 Å². The van der Waals surface area contributed by atoms with E-state index in [0.717, 1.165) is 17.3 Å². The van der Waals surface area contributed by atoms with Gasteiger partial charge < -0.3 is 0 Å². The highest BCUT2D eigenvalue weighted by molar-refractivity contribution is 5.29. The molecule has 0 spiro atoms. The van der Waals surface area contributed by atoms with E-state index in [1.807, 2.05) is 6.92 Å². The first kappa shape index (κ1) is 13.6. The number of benzene rings is 1. The maximum atomic E-state index is 13.7. The summed E-state index contributed by atoms with van der Waals surface area (Å²) in [4.78, 5) is 3.70. The number of pyridine rings is 1. The average molecular weight is 263 g/mol. The van der Waals surface area contributed by atoms with Gasteiger partial charge in [-0.05, 0) is 42.7 Å². The first-order valence-electron chi connectivity index (χ1n) is 5.92. The van der Waals surface area contributed by atoms with Crippen LogP contribution in [0.25, 0.3) is 0 Å². The molecular formula is C14H15F2N3. The second kappa shape index (κ2) is 5.86. The van der Waals surface area contributed by atoms with Crippen molar-refractivity contribution >= 4 is 0 Å². The predicted molar refractivity (Wildman–Crippen MR) is 69.1 cm³/mol. The van der Waals surface area contributed by atoms with Crippen LogP contribution in [-0.4, -0.2) is 4.98 Å². The van der Waals surface area contributed by atoms with Crippen molar-refractivity contribution in [2.45, 2.75) is 19.4 Å². The molecule has 2 aromatic rings. The monoisotopic (exact) mass is 263 g/mol. The van der Waals surface area contributed by atoms with Crippen molar-refractivity contribution in [3.05, 3.63) is 65.0 Å². The molecule has 5 heteroatoms. The molecule has 0 bridgehead atoms. The van der Waals surface area contributed by atoms with Crippen LogP contribution in [0, 0.1) is 18.6 Å². The number of halogens is 2. The molecule has 0 aliphatic heterocycles. The molecule has 1 atom stereocenters. The Balaban J connectivity index is 2.29. The molecule has 1 aromatic carbocycles. The topological polar surface area (TPSA) is 50.9 Å². The minimum Gasteiger partial charge on any atom is -0.271 e. The number of hydrogen-bond donors (Lipinski definition) is 2. The molecule has 0 saturated carbocycles. The van der Waals surface area contributed by atoms with Crippen molar-refractivity contribution in [2.75, 3.05) is 0 Å². The van der Waals surface area contributed by atoms with Gasteiger partial charge in [0.25, 0.3) is 0 Å². The summed E-state index contributed by atoms with van der Waals surface area (Å²) in [6, 6.07) is 5.68. The number of hydrazine groups is 1. The molecule has 3 N–H and O–H groups in total. The molecule has 100 valence electrons. The first-order valence-corrected chi connectivity index (χ1v) is 5.92. The van der Waals surface area contributed by atoms with E-state index in [4.69, 9.17) is 5.84 Å². The van der Waals surface area contributed by atoms with Crippen LogP contribution in [0.15, 0.2) is 36.7 Å². The van der Waals surface area contributed by atoms with Crippen LogP contribution in [0.3, 0.4) is 0 Å². The van der Waals surface area contributed by atoms with Crippen LogP contribution < -0.4 is 11.3 Å². The molecule has 0 aliphatic rings. The minimum atomic E-state index is -0.431. The van der Waals surface area contributed by atoms with Crippen LogP contribution in [0.1, 0.15) is 22.7 Å². The van der Waals surface area contributed by atoms with Gasteiger partial charge in [-0.15, -0.1) is 0 Å². The van der Waals surface area contributed by atoms with Crippen molar-refractivity contribution in [1.82, 2.24) is 10.4 Å². The van der Waals surface area contributed by atoms with E-state index in [1.54, 1.807) is 12.1 Å². The van der Waals surface area contributed by atoms with Gasteiger partial charge in [-0.25, -0.2) is 8.78 Å². The molecule has 3 nitrogen and oxygen atoms in total. The van der Waals surface area contributed by atoms with Gasteiger partial charge >= 0.3 is 0 Å². The highest BCUT2D eigenvalue weighted by Gasteiger charge is 2.16. The van der Waals surface area contributed by atoms with Gasteiger partial charge in [0, 0.05) is 11.8 Å². The van der Waals surface area contributed by atoms with Gasteiger partial charge in [0.2, 0.25) is 0 Å². The fourth-order valence-corrected chi connectivity index (χ4v) is 2.01. The van der Waals surface area contributed by atoms with Gasteiger partial charge in [0.1, 0.15) is 11.6 Å². The van der Waals surface area contributed by atoms with Crippen LogP contribution >= 0.6 is 0 Å². The summed E-state index contributed by atoms with van der Waals surface area (Å²) in [5.74, 6) is 4.73. The fourth-order valence-electron chi connectivity index (χ4n) is 2.01. The standard InChI is InChI=1S/C14H15F2N3/c1-9-2-3-11(15)6-10(9)7-14(19-17)12-4-5-18-8-13(12)16/h2-6,8,14,19H,7,17H2,1H3. The summed E-state index contributed by atoms with van der Waals surface area (Å²) >= 11 is 0. The Kier molecular flexibility index (Phi) is 4.19. The fraction of sp³-hybridized carbons (Fsp3) is 0.214. The number of hydrogen-bond acceptors (Lipinski definition) is 3. The lowest BCUT2D eigenvalue weighted by atomic mass is 9.97. The molecule has 0 radical (unpaired) electrons. The number of nitrogens with zero attached hydrogens (tertiary/aromatic N) is 1. The predicted octanol–water partition coefficient (Wildman–Crippen LogP) is 2.42. The number of aromatic nitrogens is 1. The maximum Gasteiger partial charge on any atom is 0.146 e. The van der Waals surface area contributed by atoms with Crippen LogP contribution in [0.2, 0.25) is 0 Å². The normalized spacial score (nSPS) is 12.4. The Bertz CT molecular complexity index is 572. The minimum absolute atomic E-state index is 0.313. The highest BCUT2D eigenvalue weighted by atomic mass is 19.1. The Hall–Kier alpha value is -1.85. The molecule has 0 amide bonds. The third-order valence-corrected chi connectivity index (χ3v) is 3.12. The SMILES string of the molecule is Cc1ccc(F)cc1CC(NN)c1ccncc1F. The van der Waals surface area contributed by atoms with Crippen molar-refractivity contribution in [3.63, 3.8) is 0 Å². The van der Waals surface area contributed by atoms with E-state index in [2.05, 4.69) is 10.4 Å². The number of rotatable bonds is 4. The second-order valence-corrected chi connectivity index (χ2v) is 4.39. The quantitative estimate of drug-likeness (QED) is 0.658. The molecule has 1 aromatic heterocycles. The number of aryl methyl sites for hydroxylation is 1. The largest absolute Gasteiger partial charge is 0.271 e. The molecule has 0 saturated heterocycles. The van der Waals surface area contributed by atoms with Gasteiger partial charge in [0.15, 0.2) is 0 Å². The van der Waals surface area contributed by atoms with Crippen molar-refractivity contribution in [1.29, 1.82) is 0 Å². The third kappa shape index (κ3) is 3.13. The van der Waals surface area contributed by atoms with Gasteiger partial charge in [0.05, 0.1) is 12.2 Å². The summed E-state index contributed by atoms with van der Waals surface area (Å²) in [5.41, 5.74) is 4.71. The zero-order valence-electron chi connectivity index (χ0n) is 10.5. The lowest BCUT2D eigenvalue weighted by Crippen LogP contribution is -2.30. The van der Waals surface area contributed by atoms with Crippen LogP contribution in [-0.2, 0) is 6.42 Å². The Morgan fingerprint density at radius 2 is 2.11 bits per heavy atom. The smallest absolute Gasteiger partial charge is 0.146 e. The van der Waals surface area contributed by atoms with Gasteiger partial charge in [-0.2, -0.15) is 0 Å². The van der Waals surface area contributed by atoms with Gasteiger partial charge in [-0.1, -0.05) is 6.07 Å². The Labute approximate surface area is 110 Å². The molecule has 0 aliphatic carbocycles. The highest BCUT2D eigenvalue weighted by Crippen LogP contribution is 2.22. The average Bonchev–Trinajstić information content (AvgIpc) is 2.41. The zero-order chi connectivity index (χ0) is 13.8. The number of nitrogens with two attached hydrogens (primary N) is 1. The van der Waals surface area contributed by atoms with E-state index >= 15 is 0 Å². The van der Waals surface area contributed by atoms with E-state index in [9.17, 15) is 8.78 Å². The lowest BCUT2D eigenvalue weighted by molar-refractivity contribution is 0.506. The summed E-state index contributed by atoms with van der Waals surface area (Å²) < 4.78 is 26.9.